The van der Waals surface area contributed by atoms with Crippen molar-refractivity contribution in [3.05, 3.63) is 29.6 Å². The van der Waals surface area contributed by atoms with Gasteiger partial charge in [-0.1, -0.05) is 13.0 Å². The maximum absolute atomic E-state index is 13.6. The highest BCUT2D eigenvalue weighted by atomic mass is 19.1. The Kier molecular flexibility index (Phi) is 4.04. The molecule has 1 atom stereocenters. The molecular formula is C14H16FNO4. The Morgan fingerprint density at radius 1 is 1.50 bits per heavy atom. The van der Waals surface area contributed by atoms with Crippen molar-refractivity contribution in [2.24, 2.45) is 0 Å². The number of rotatable bonds is 4. The monoisotopic (exact) mass is 281 g/mol. The van der Waals surface area contributed by atoms with E-state index in [2.05, 4.69) is 5.32 Å². The van der Waals surface area contributed by atoms with Crippen LogP contribution in [0.3, 0.4) is 0 Å². The number of nitrogens with one attached hydrogen (secondary N) is 1. The summed E-state index contributed by atoms with van der Waals surface area (Å²) in [5.74, 6) is -2.52. The summed E-state index contributed by atoms with van der Waals surface area (Å²) in [7, 11) is 0. The second-order valence-corrected chi connectivity index (χ2v) is 4.70. The van der Waals surface area contributed by atoms with Crippen LogP contribution in [0.4, 0.5) is 10.1 Å². The number of hydrogen-bond donors (Lipinski definition) is 2. The van der Waals surface area contributed by atoms with Gasteiger partial charge in [0.2, 0.25) is 5.60 Å². The molecule has 0 spiro atoms. The van der Waals surface area contributed by atoms with E-state index in [0.29, 0.717) is 18.4 Å². The molecule has 0 radical (unpaired) electrons. The number of amides is 1. The van der Waals surface area contributed by atoms with Gasteiger partial charge in [0, 0.05) is 12.3 Å². The van der Waals surface area contributed by atoms with Gasteiger partial charge in [-0.05, 0) is 37.0 Å². The number of carboxylic acids is 1. The maximum atomic E-state index is 13.6. The summed E-state index contributed by atoms with van der Waals surface area (Å²) in [5.41, 5.74) is -1.10. The van der Waals surface area contributed by atoms with Gasteiger partial charge < -0.3 is 15.2 Å². The highest BCUT2D eigenvalue weighted by Crippen LogP contribution is 2.28. The number of benzene rings is 1. The molecule has 2 N–H and O–H groups in total. The van der Waals surface area contributed by atoms with E-state index >= 15 is 0 Å². The first-order valence-electron chi connectivity index (χ1n) is 6.47. The summed E-state index contributed by atoms with van der Waals surface area (Å²) in [6, 6.07) is 4.29. The third-order valence-corrected chi connectivity index (χ3v) is 3.43. The van der Waals surface area contributed by atoms with Crippen molar-refractivity contribution in [3.63, 3.8) is 0 Å². The summed E-state index contributed by atoms with van der Waals surface area (Å²) >= 11 is 0. The van der Waals surface area contributed by atoms with E-state index in [-0.39, 0.29) is 18.7 Å². The van der Waals surface area contributed by atoms with Crippen molar-refractivity contribution >= 4 is 17.6 Å². The molecule has 1 fully saturated rings. The lowest BCUT2D eigenvalue weighted by molar-refractivity contribution is -0.165. The van der Waals surface area contributed by atoms with Crippen molar-refractivity contribution < 1.29 is 23.8 Å². The van der Waals surface area contributed by atoms with Crippen molar-refractivity contribution in [1.82, 2.24) is 0 Å². The van der Waals surface area contributed by atoms with Crippen LogP contribution < -0.4 is 5.32 Å². The zero-order valence-corrected chi connectivity index (χ0v) is 11.1. The number of ether oxygens (including phenoxy) is 1. The van der Waals surface area contributed by atoms with Crippen LogP contribution in [0.5, 0.6) is 0 Å². The molecule has 5 nitrogen and oxygen atoms in total. The molecule has 1 heterocycles. The van der Waals surface area contributed by atoms with Crippen LogP contribution in [0.2, 0.25) is 0 Å². The van der Waals surface area contributed by atoms with Crippen LogP contribution in [0.15, 0.2) is 18.2 Å². The molecule has 1 aromatic carbocycles. The Hall–Kier alpha value is -1.95. The molecule has 6 heteroatoms. The number of anilines is 1. The summed E-state index contributed by atoms with van der Waals surface area (Å²) in [6.45, 7) is 2.05. The SMILES string of the molecule is CCc1ccc(NC(=O)C2(C(=O)O)CCCO2)cc1F. The summed E-state index contributed by atoms with van der Waals surface area (Å²) in [4.78, 5) is 23.4. The van der Waals surface area contributed by atoms with E-state index in [9.17, 15) is 19.1 Å². The Balaban J connectivity index is 2.19. The van der Waals surface area contributed by atoms with Crippen molar-refractivity contribution in [2.45, 2.75) is 31.8 Å². The summed E-state index contributed by atoms with van der Waals surface area (Å²) < 4.78 is 18.7. The molecule has 1 amide bonds. The van der Waals surface area contributed by atoms with E-state index in [1.54, 1.807) is 12.1 Å². The van der Waals surface area contributed by atoms with Gasteiger partial charge in [-0.2, -0.15) is 0 Å². The van der Waals surface area contributed by atoms with Gasteiger partial charge in [-0.25, -0.2) is 9.18 Å². The molecule has 1 aliphatic rings. The van der Waals surface area contributed by atoms with Crippen LogP contribution in [-0.4, -0.2) is 29.2 Å². The Bertz CT molecular complexity index is 538. The lowest BCUT2D eigenvalue weighted by Crippen LogP contribution is -2.49. The number of halogens is 1. The fourth-order valence-electron chi connectivity index (χ4n) is 2.23. The largest absolute Gasteiger partial charge is 0.479 e. The molecule has 1 saturated heterocycles. The number of aryl methyl sites for hydroxylation is 1. The molecule has 20 heavy (non-hydrogen) atoms. The molecule has 108 valence electrons. The lowest BCUT2D eigenvalue weighted by Gasteiger charge is -2.22. The van der Waals surface area contributed by atoms with E-state index in [4.69, 9.17) is 4.74 Å². The van der Waals surface area contributed by atoms with Gasteiger partial charge in [-0.3, -0.25) is 4.79 Å². The van der Waals surface area contributed by atoms with E-state index in [0.717, 1.165) is 0 Å². The van der Waals surface area contributed by atoms with Crippen LogP contribution >= 0.6 is 0 Å². The van der Waals surface area contributed by atoms with Gasteiger partial charge in [0.25, 0.3) is 5.91 Å². The smallest absolute Gasteiger partial charge is 0.345 e. The van der Waals surface area contributed by atoms with Crippen molar-refractivity contribution in [2.75, 3.05) is 11.9 Å². The topological polar surface area (TPSA) is 75.6 Å². The zero-order chi connectivity index (χ0) is 14.8. The molecule has 1 unspecified atom stereocenters. The fourth-order valence-corrected chi connectivity index (χ4v) is 2.23. The van der Waals surface area contributed by atoms with Gasteiger partial charge in [0.1, 0.15) is 5.82 Å². The lowest BCUT2D eigenvalue weighted by atomic mass is 9.99. The minimum atomic E-state index is -1.86. The Morgan fingerprint density at radius 2 is 2.25 bits per heavy atom. The van der Waals surface area contributed by atoms with E-state index in [1.165, 1.54) is 6.07 Å². The fraction of sp³-hybridized carbons (Fsp3) is 0.429. The van der Waals surface area contributed by atoms with E-state index < -0.39 is 23.3 Å². The molecule has 1 aliphatic heterocycles. The van der Waals surface area contributed by atoms with E-state index in [1.807, 2.05) is 6.92 Å². The van der Waals surface area contributed by atoms with Crippen molar-refractivity contribution in [1.29, 1.82) is 0 Å². The average molecular weight is 281 g/mol. The maximum Gasteiger partial charge on any atom is 0.345 e. The number of aliphatic carboxylic acids is 1. The summed E-state index contributed by atoms with van der Waals surface area (Å²) in [5, 5.41) is 11.6. The second-order valence-electron chi connectivity index (χ2n) is 4.70. The quantitative estimate of drug-likeness (QED) is 0.827. The third-order valence-electron chi connectivity index (χ3n) is 3.43. The molecule has 0 aromatic heterocycles. The highest BCUT2D eigenvalue weighted by molar-refractivity contribution is 6.11. The van der Waals surface area contributed by atoms with Crippen LogP contribution in [-0.2, 0) is 20.7 Å². The minimum absolute atomic E-state index is 0.115. The van der Waals surface area contributed by atoms with Crippen LogP contribution in [0, 0.1) is 5.82 Å². The molecule has 0 bridgehead atoms. The highest BCUT2D eigenvalue weighted by Gasteiger charge is 2.50. The van der Waals surface area contributed by atoms with Gasteiger partial charge in [-0.15, -0.1) is 0 Å². The first-order valence-corrected chi connectivity index (χ1v) is 6.47. The third kappa shape index (κ3) is 2.51. The molecule has 0 aliphatic carbocycles. The summed E-state index contributed by atoms with van der Waals surface area (Å²) in [6.07, 6.45) is 1.16. The first kappa shape index (κ1) is 14.5. The number of carbonyl (C=O) groups excluding carboxylic acids is 1. The predicted molar refractivity (Wildman–Crippen MR) is 70.0 cm³/mol. The van der Waals surface area contributed by atoms with Gasteiger partial charge in [0.05, 0.1) is 0 Å². The van der Waals surface area contributed by atoms with Crippen LogP contribution in [0.1, 0.15) is 25.3 Å². The Morgan fingerprint density at radius 3 is 2.75 bits per heavy atom. The molecular weight excluding hydrogens is 265 g/mol. The number of carbonyl (C=O) groups is 2. The van der Waals surface area contributed by atoms with Crippen molar-refractivity contribution in [3.8, 4) is 0 Å². The normalized spacial score (nSPS) is 21.7. The molecule has 1 aromatic rings. The number of hydrogen-bond acceptors (Lipinski definition) is 3. The second kappa shape index (κ2) is 5.58. The van der Waals surface area contributed by atoms with Gasteiger partial charge in [0.15, 0.2) is 0 Å². The van der Waals surface area contributed by atoms with Crippen LogP contribution in [0.25, 0.3) is 0 Å². The molecule has 0 saturated carbocycles. The predicted octanol–water partition coefficient (Wildman–Crippen LogP) is 1.96. The Labute approximate surface area is 115 Å². The average Bonchev–Trinajstić information content (AvgIpc) is 2.89. The minimum Gasteiger partial charge on any atom is -0.479 e. The zero-order valence-electron chi connectivity index (χ0n) is 11.1. The number of carboxylic acid groups (broad SMARTS) is 1. The molecule has 2 rings (SSSR count). The standard InChI is InChI=1S/C14H16FNO4/c1-2-9-4-5-10(8-11(9)15)16-12(17)14(13(18)19)6-3-7-20-14/h4-5,8H,2-3,6-7H2,1H3,(H,16,17)(H,18,19). The first-order chi connectivity index (χ1) is 9.49. The van der Waals surface area contributed by atoms with Gasteiger partial charge >= 0.3 is 5.97 Å².